The molecule has 0 atom stereocenters. The van der Waals surface area contributed by atoms with E-state index in [1.807, 2.05) is 38.1 Å². The van der Waals surface area contributed by atoms with Crippen LogP contribution in [0.15, 0.2) is 59.5 Å². The van der Waals surface area contributed by atoms with E-state index in [9.17, 15) is 13.2 Å². The average molecular weight is 492 g/mol. The number of carbonyl (C=O) groups excluding carboxylic acids is 1. The van der Waals surface area contributed by atoms with Crippen LogP contribution in [0, 0.1) is 13.8 Å². The zero-order valence-corrected chi connectivity index (χ0v) is 20.1. The summed E-state index contributed by atoms with van der Waals surface area (Å²) in [6.45, 7) is 5.14. The molecule has 0 N–H and O–H groups in total. The first-order valence-corrected chi connectivity index (χ1v) is 12.4. The number of piperazine rings is 1. The Balaban J connectivity index is 1.44. The first-order valence-electron chi connectivity index (χ1n) is 10.2. The first-order chi connectivity index (χ1) is 15.2. The number of rotatable bonds is 4. The minimum Gasteiger partial charge on any atom is -0.336 e. The molecule has 0 aliphatic carbocycles. The summed E-state index contributed by atoms with van der Waals surface area (Å²) >= 11 is 11.9. The van der Waals surface area contributed by atoms with E-state index in [2.05, 4.69) is 16.7 Å². The van der Waals surface area contributed by atoms with E-state index >= 15 is 0 Å². The summed E-state index contributed by atoms with van der Waals surface area (Å²) in [7, 11) is -3.70. The molecule has 1 saturated heterocycles. The summed E-state index contributed by atoms with van der Waals surface area (Å²) < 4.78 is 29.3. The standard InChI is InChI=1S/C23H23Cl2N3O3S/c1-16-3-4-17(2)28(16)19-7-5-18(6-8-19)23(29)26-11-13-27(14-12-26)32(30,31)20-9-10-21(24)22(25)15-20/h3-10,15H,11-14H2,1-2H3. The number of halogens is 2. The second-order valence-electron chi connectivity index (χ2n) is 7.77. The van der Waals surface area contributed by atoms with E-state index < -0.39 is 10.0 Å². The molecule has 168 valence electrons. The van der Waals surface area contributed by atoms with Crippen molar-refractivity contribution < 1.29 is 13.2 Å². The maximum atomic E-state index is 13.0. The van der Waals surface area contributed by atoms with Crippen molar-refractivity contribution in [2.75, 3.05) is 26.2 Å². The molecular weight excluding hydrogens is 469 g/mol. The van der Waals surface area contributed by atoms with Crippen molar-refractivity contribution in [2.45, 2.75) is 18.7 Å². The van der Waals surface area contributed by atoms with Crippen LogP contribution in [0.1, 0.15) is 21.7 Å². The van der Waals surface area contributed by atoms with Crippen molar-refractivity contribution in [3.8, 4) is 5.69 Å². The molecule has 0 radical (unpaired) electrons. The Morgan fingerprint density at radius 1 is 0.812 bits per heavy atom. The number of carbonyl (C=O) groups is 1. The van der Waals surface area contributed by atoms with Crippen molar-refractivity contribution in [2.24, 2.45) is 0 Å². The van der Waals surface area contributed by atoms with Gasteiger partial charge in [0.05, 0.1) is 14.9 Å². The summed E-state index contributed by atoms with van der Waals surface area (Å²) in [6.07, 6.45) is 0. The number of hydrogen-bond donors (Lipinski definition) is 0. The molecule has 1 aliphatic heterocycles. The number of benzene rings is 2. The Labute approximate surface area is 198 Å². The van der Waals surface area contributed by atoms with Gasteiger partial charge in [-0.15, -0.1) is 0 Å². The molecule has 0 saturated carbocycles. The predicted octanol–water partition coefficient (Wildman–Crippen LogP) is 4.55. The van der Waals surface area contributed by atoms with Gasteiger partial charge in [-0.25, -0.2) is 8.42 Å². The highest BCUT2D eigenvalue weighted by atomic mass is 35.5. The number of sulfonamides is 1. The molecule has 0 unspecified atom stereocenters. The molecule has 4 rings (SSSR count). The summed E-state index contributed by atoms with van der Waals surface area (Å²) in [4.78, 5) is 14.7. The number of aryl methyl sites for hydroxylation is 2. The Kier molecular flexibility index (Phi) is 6.36. The maximum Gasteiger partial charge on any atom is 0.253 e. The third kappa shape index (κ3) is 4.30. The van der Waals surface area contributed by atoms with Gasteiger partial charge in [-0.2, -0.15) is 4.31 Å². The van der Waals surface area contributed by atoms with Gasteiger partial charge in [-0.1, -0.05) is 23.2 Å². The third-order valence-electron chi connectivity index (χ3n) is 5.70. The van der Waals surface area contributed by atoms with Crippen LogP contribution >= 0.6 is 23.2 Å². The SMILES string of the molecule is Cc1ccc(C)n1-c1ccc(C(=O)N2CCN(S(=O)(=O)c3ccc(Cl)c(Cl)c3)CC2)cc1. The Hall–Kier alpha value is -2.32. The first kappa shape index (κ1) is 22.9. The highest BCUT2D eigenvalue weighted by molar-refractivity contribution is 7.89. The molecule has 1 aliphatic rings. The quantitative estimate of drug-likeness (QED) is 0.537. The molecule has 32 heavy (non-hydrogen) atoms. The molecule has 1 amide bonds. The monoisotopic (exact) mass is 491 g/mol. The van der Waals surface area contributed by atoms with E-state index in [4.69, 9.17) is 23.2 Å². The van der Waals surface area contributed by atoms with Crippen LogP contribution in [0.3, 0.4) is 0 Å². The largest absolute Gasteiger partial charge is 0.336 e. The second kappa shape index (κ2) is 8.90. The molecule has 0 spiro atoms. The average Bonchev–Trinajstić information content (AvgIpc) is 3.13. The molecule has 2 heterocycles. The molecular formula is C23H23Cl2N3O3S. The zero-order valence-electron chi connectivity index (χ0n) is 17.8. The zero-order chi connectivity index (χ0) is 23.0. The number of aromatic nitrogens is 1. The fourth-order valence-electron chi connectivity index (χ4n) is 3.93. The summed E-state index contributed by atoms with van der Waals surface area (Å²) in [5, 5.41) is 0.490. The lowest BCUT2D eigenvalue weighted by molar-refractivity contribution is 0.0698. The normalized spacial score (nSPS) is 15.2. The van der Waals surface area contributed by atoms with Crippen molar-refractivity contribution in [3.05, 3.63) is 81.6 Å². The smallest absolute Gasteiger partial charge is 0.253 e. The highest BCUT2D eigenvalue weighted by Gasteiger charge is 2.30. The molecule has 9 heteroatoms. The fraction of sp³-hybridized carbons (Fsp3) is 0.261. The van der Waals surface area contributed by atoms with Gasteiger partial charge in [0, 0.05) is 48.8 Å². The van der Waals surface area contributed by atoms with E-state index in [1.54, 1.807) is 4.90 Å². The van der Waals surface area contributed by atoms with Crippen LogP contribution in [0.2, 0.25) is 10.0 Å². The van der Waals surface area contributed by atoms with Crippen LogP contribution in [-0.4, -0.2) is 54.3 Å². The highest BCUT2D eigenvalue weighted by Crippen LogP contribution is 2.27. The molecule has 0 bridgehead atoms. The molecule has 1 aromatic heterocycles. The van der Waals surface area contributed by atoms with E-state index in [1.165, 1.54) is 22.5 Å². The predicted molar refractivity (Wildman–Crippen MR) is 126 cm³/mol. The molecule has 1 fully saturated rings. The van der Waals surface area contributed by atoms with Gasteiger partial charge in [-0.05, 0) is 68.4 Å². The number of hydrogen-bond acceptors (Lipinski definition) is 3. The van der Waals surface area contributed by atoms with E-state index in [-0.39, 0.29) is 28.9 Å². The van der Waals surface area contributed by atoms with Crippen LogP contribution in [0.5, 0.6) is 0 Å². The van der Waals surface area contributed by atoms with Gasteiger partial charge < -0.3 is 9.47 Å². The van der Waals surface area contributed by atoms with Crippen molar-refractivity contribution in [3.63, 3.8) is 0 Å². The van der Waals surface area contributed by atoms with Gasteiger partial charge in [0.1, 0.15) is 0 Å². The minimum atomic E-state index is -3.70. The van der Waals surface area contributed by atoms with Crippen molar-refractivity contribution >= 4 is 39.1 Å². The summed E-state index contributed by atoms with van der Waals surface area (Å²) in [5.41, 5.74) is 3.83. The van der Waals surface area contributed by atoms with Gasteiger partial charge in [0.25, 0.3) is 5.91 Å². The van der Waals surface area contributed by atoms with Crippen LogP contribution in [-0.2, 0) is 10.0 Å². The van der Waals surface area contributed by atoms with Gasteiger partial charge in [-0.3, -0.25) is 4.79 Å². The molecule has 2 aromatic carbocycles. The summed E-state index contributed by atoms with van der Waals surface area (Å²) in [5.74, 6) is -0.107. The van der Waals surface area contributed by atoms with E-state index in [0.29, 0.717) is 23.7 Å². The van der Waals surface area contributed by atoms with Crippen molar-refractivity contribution in [1.29, 1.82) is 0 Å². The maximum absolute atomic E-state index is 13.0. The lowest BCUT2D eigenvalue weighted by Crippen LogP contribution is -2.50. The van der Waals surface area contributed by atoms with Crippen molar-refractivity contribution in [1.82, 2.24) is 13.8 Å². The van der Waals surface area contributed by atoms with Crippen LogP contribution in [0.4, 0.5) is 0 Å². The second-order valence-corrected chi connectivity index (χ2v) is 10.5. The lowest BCUT2D eigenvalue weighted by atomic mass is 10.1. The lowest BCUT2D eigenvalue weighted by Gasteiger charge is -2.34. The summed E-state index contributed by atoms with van der Waals surface area (Å²) in [6, 6.07) is 15.9. The Morgan fingerprint density at radius 3 is 1.97 bits per heavy atom. The molecule has 3 aromatic rings. The third-order valence-corrected chi connectivity index (χ3v) is 8.33. The van der Waals surface area contributed by atoms with Gasteiger partial charge >= 0.3 is 0 Å². The number of amides is 1. The minimum absolute atomic E-state index is 0.0952. The van der Waals surface area contributed by atoms with Gasteiger partial charge in [0.15, 0.2) is 0 Å². The van der Waals surface area contributed by atoms with Crippen LogP contribution < -0.4 is 0 Å². The fourth-order valence-corrected chi connectivity index (χ4v) is 5.74. The molecule has 6 nitrogen and oxygen atoms in total. The van der Waals surface area contributed by atoms with E-state index in [0.717, 1.165) is 17.1 Å². The number of nitrogens with zero attached hydrogens (tertiary/aromatic N) is 3. The van der Waals surface area contributed by atoms with Gasteiger partial charge in [0.2, 0.25) is 10.0 Å². The Morgan fingerprint density at radius 2 is 1.41 bits per heavy atom. The Bertz CT molecular complexity index is 1240. The van der Waals surface area contributed by atoms with Crippen LogP contribution in [0.25, 0.3) is 5.69 Å². The topological polar surface area (TPSA) is 62.6 Å².